The summed E-state index contributed by atoms with van der Waals surface area (Å²) in [5.41, 5.74) is 2.80. The Labute approximate surface area is 127 Å². The Kier molecular flexibility index (Phi) is 4.03. The molecular formula is C18H27N3. The highest BCUT2D eigenvalue weighted by Gasteiger charge is 2.34. The molecule has 0 spiro atoms. The van der Waals surface area contributed by atoms with Crippen LogP contribution in [0.4, 0.5) is 0 Å². The summed E-state index contributed by atoms with van der Waals surface area (Å²) in [6.45, 7) is 8.92. The molecule has 3 rings (SSSR count). The van der Waals surface area contributed by atoms with Gasteiger partial charge in [-0.1, -0.05) is 39.3 Å². The van der Waals surface area contributed by atoms with Crippen LogP contribution in [0.5, 0.6) is 0 Å². The standard InChI is InChI=1S/C18H27N3/c1-4-12-21-15-9-6-5-8-14(15)20-17(21)13-19-16-10-7-11-18(16,2)3/h5-6,8-9,16,19H,4,7,10-13H2,1-3H3. The lowest BCUT2D eigenvalue weighted by molar-refractivity contribution is 0.280. The molecule has 1 aliphatic carbocycles. The fraction of sp³-hybridized carbons (Fsp3) is 0.611. The maximum atomic E-state index is 4.84. The largest absolute Gasteiger partial charge is 0.327 e. The molecule has 1 aliphatic rings. The zero-order valence-electron chi connectivity index (χ0n) is 13.5. The monoisotopic (exact) mass is 285 g/mol. The Morgan fingerprint density at radius 2 is 2.14 bits per heavy atom. The lowest BCUT2D eigenvalue weighted by Crippen LogP contribution is -2.37. The van der Waals surface area contributed by atoms with Crippen molar-refractivity contribution in [3.63, 3.8) is 0 Å². The van der Waals surface area contributed by atoms with Crippen LogP contribution in [0.2, 0.25) is 0 Å². The lowest BCUT2D eigenvalue weighted by atomic mass is 9.87. The second kappa shape index (κ2) is 5.80. The average Bonchev–Trinajstić information content (AvgIpc) is 2.97. The van der Waals surface area contributed by atoms with Crippen molar-refractivity contribution in [2.45, 2.75) is 65.6 Å². The number of hydrogen-bond acceptors (Lipinski definition) is 2. The number of nitrogens with zero attached hydrogens (tertiary/aromatic N) is 2. The lowest BCUT2D eigenvalue weighted by Gasteiger charge is -2.28. The molecule has 1 N–H and O–H groups in total. The number of fused-ring (bicyclic) bond motifs is 1. The molecule has 1 fully saturated rings. The maximum absolute atomic E-state index is 4.84. The van der Waals surface area contributed by atoms with E-state index in [0.717, 1.165) is 25.0 Å². The molecule has 1 saturated carbocycles. The molecule has 0 bridgehead atoms. The van der Waals surface area contributed by atoms with Gasteiger partial charge in [0, 0.05) is 12.6 Å². The third-order valence-corrected chi connectivity index (χ3v) is 4.94. The number of aromatic nitrogens is 2. The third kappa shape index (κ3) is 2.84. The van der Waals surface area contributed by atoms with Crippen molar-refractivity contribution >= 4 is 11.0 Å². The van der Waals surface area contributed by atoms with Crippen LogP contribution in [0.25, 0.3) is 11.0 Å². The van der Waals surface area contributed by atoms with E-state index < -0.39 is 0 Å². The van der Waals surface area contributed by atoms with Crippen LogP contribution in [-0.4, -0.2) is 15.6 Å². The number of nitrogens with one attached hydrogen (secondary N) is 1. The number of para-hydroxylation sites is 2. The van der Waals surface area contributed by atoms with Crippen LogP contribution in [0.15, 0.2) is 24.3 Å². The summed E-state index contributed by atoms with van der Waals surface area (Å²) >= 11 is 0. The number of rotatable bonds is 5. The van der Waals surface area contributed by atoms with E-state index in [1.165, 1.54) is 30.6 Å². The SMILES string of the molecule is CCCn1c(CNC2CCCC2(C)C)nc2ccccc21. The van der Waals surface area contributed by atoms with E-state index in [1.54, 1.807) is 0 Å². The van der Waals surface area contributed by atoms with Gasteiger partial charge in [0.15, 0.2) is 0 Å². The molecule has 1 unspecified atom stereocenters. The van der Waals surface area contributed by atoms with Gasteiger partial charge in [-0.05, 0) is 36.8 Å². The van der Waals surface area contributed by atoms with E-state index in [2.05, 4.69) is 54.9 Å². The normalized spacial score (nSPS) is 21.2. The summed E-state index contributed by atoms with van der Waals surface area (Å²) in [4.78, 5) is 4.84. The van der Waals surface area contributed by atoms with E-state index >= 15 is 0 Å². The molecule has 1 heterocycles. The Morgan fingerprint density at radius 3 is 2.86 bits per heavy atom. The summed E-state index contributed by atoms with van der Waals surface area (Å²) < 4.78 is 2.38. The molecule has 2 aromatic rings. The van der Waals surface area contributed by atoms with E-state index in [9.17, 15) is 0 Å². The first kappa shape index (κ1) is 14.6. The number of aryl methyl sites for hydroxylation is 1. The second-order valence-electron chi connectivity index (χ2n) is 6.98. The van der Waals surface area contributed by atoms with E-state index in [-0.39, 0.29) is 0 Å². The van der Waals surface area contributed by atoms with Gasteiger partial charge in [-0.25, -0.2) is 4.98 Å². The molecule has 3 nitrogen and oxygen atoms in total. The average molecular weight is 285 g/mol. The van der Waals surface area contributed by atoms with Crippen molar-refractivity contribution in [3.05, 3.63) is 30.1 Å². The molecule has 0 amide bonds. The summed E-state index contributed by atoms with van der Waals surface area (Å²) in [6.07, 6.45) is 5.11. The molecule has 0 aliphatic heterocycles. The van der Waals surface area contributed by atoms with Gasteiger partial charge in [0.25, 0.3) is 0 Å². The van der Waals surface area contributed by atoms with E-state index in [0.29, 0.717) is 11.5 Å². The molecular weight excluding hydrogens is 258 g/mol. The van der Waals surface area contributed by atoms with E-state index in [1.807, 2.05) is 0 Å². The topological polar surface area (TPSA) is 29.9 Å². The van der Waals surface area contributed by atoms with Crippen LogP contribution >= 0.6 is 0 Å². The van der Waals surface area contributed by atoms with Crippen LogP contribution in [-0.2, 0) is 13.1 Å². The van der Waals surface area contributed by atoms with Gasteiger partial charge in [-0.3, -0.25) is 0 Å². The van der Waals surface area contributed by atoms with Gasteiger partial charge in [-0.2, -0.15) is 0 Å². The highest BCUT2D eigenvalue weighted by molar-refractivity contribution is 5.75. The van der Waals surface area contributed by atoms with Crippen molar-refractivity contribution in [2.24, 2.45) is 5.41 Å². The first-order valence-corrected chi connectivity index (χ1v) is 8.29. The minimum atomic E-state index is 0.418. The van der Waals surface area contributed by atoms with Gasteiger partial charge < -0.3 is 9.88 Å². The molecule has 0 radical (unpaired) electrons. The van der Waals surface area contributed by atoms with Crippen LogP contribution in [0.1, 0.15) is 52.3 Å². The number of imidazole rings is 1. The zero-order chi connectivity index (χ0) is 14.9. The van der Waals surface area contributed by atoms with Gasteiger partial charge in [0.2, 0.25) is 0 Å². The molecule has 0 saturated heterocycles. The van der Waals surface area contributed by atoms with Crippen molar-refractivity contribution < 1.29 is 0 Å². The molecule has 1 aromatic carbocycles. The Balaban J connectivity index is 1.81. The predicted octanol–water partition coefficient (Wildman–Crippen LogP) is 4.11. The molecule has 21 heavy (non-hydrogen) atoms. The maximum Gasteiger partial charge on any atom is 0.123 e. The minimum Gasteiger partial charge on any atom is -0.327 e. The number of hydrogen-bond donors (Lipinski definition) is 1. The zero-order valence-corrected chi connectivity index (χ0v) is 13.5. The Bertz CT molecular complexity index is 612. The van der Waals surface area contributed by atoms with Crippen LogP contribution < -0.4 is 5.32 Å². The van der Waals surface area contributed by atoms with Crippen molar-refractivity contribution in [2.75, 3.05) is 0 Å². The van der Waals surface area contributed by atoms with Crippen molar-refractivity contribution in [1.29, 1.82) is 0 Å². The van der Waals surface area contributed by atoms with Gasteiger partial charge in [0.1, 0.15) is 5.82 Å². The predicted molar refractivity (Wildman–Crippen MR) is 88.3 cm³/mol. The van der Waals surface area contributed by atoms with Crippen LogP contribution in [0, 0.1) is 5.41 Å². The highest BCUT2D eigenvalue weighted by Crippen LogP contribution is 2.37. The van der Waals surface area contributed by atoms with Crippen molar-refractivity contribution in [1.82, 2.24) is 14.9 Å². The summed E-state index contributed by atoms with van der Waals surface area (Å²) in [6, 6.07) is 9.09. The summed E-state index contributed by atoms with van der Waals surface area (Å²) in [5, 5.41) is 3.76. The first-order chi connectivity index (χ1) is 10.1. The highest BCUT2D eigenvalue weighted by atomic mass is 15.1. The first-order valence-electron chi connectivity index (χ1n) is 8.29. The number of benzene rings is 1. The quantitative estimate of drug-likeness (QED) is 0.895. The molecule has 1 atom stereocenters. The van der Waals surface area contributed by atoms with Gasteiger partial charge in [-0.15, -0.1) is 0 Å². The van der Waals surface area contributed by atoms with Gasteiger partial charge in [0.05, 0.1) is 17.6 Å². The van der Waals surface area contributed by atoms with Crippen LogP contribution in [0.3, 0.4) is 0 Å². The smallest absolute Gasteiger partial charge is 0.123 e. The fourth-order valence-corrected chi connectivity index (χ4v) is 3.65. The van der Waals surface area contributed by atoms with Crippen molar-refractivity contribution in [3.8, 4) is 0 Å². The second-order valence-corrected chi connectivity index (χ2v) is 6.98. The summed E-state index contributed by atoms with van der Waals surface area (Å²) in [7, 11) is 0. The third-order valence-electron chi connectivity index (χ3n) is 4.94. The van der Waals surface area contributed by atoms with E-state index in [4.69, 9.17) is 4.98 Å². The molecule has 1 aromatic heterocycles. The Morgan fingerprint density at radius 1 is 1.33 bits per heavy atom. The fourth-order valence-electron chi connectivity index (χ4n) is 3.65. The molecule has 114 valence electrons. The molecule has 3 heteroatoms. The summed E-state index contributed by atoms with van der Waals surface area (Å²) in [5.74, 6) is 1.18. The minimum absolute atomic E-state index is 0.418. The van der Waals surface area contributed by atoms with Gasteiger partial charge >= 0.3 is 0 Å². The Hall–Kier alpha value is -1.35.